The number of rotatable bonds is 5. The Morgan fingerprint density at radius 2 is 2.40 bits per heavy atom. The molecule has 0 aromatic heterocycles. The Bertz CT molecular complexity index is 114. The average molecular weight is 143 g/mol. The lowest BCUT2D eigenvalue weighted by molar-refractivity contribution is 0.244. The number of allylic oxidation sites excluding steroid dienone is 1. The molecule has 2 amide bonds. The second kappa shape index (κ2) is 6.10. The van der Waals surface area contributed by atoms with Gasteiger partial charge in [-0.05, 0) is 12.8 Å². The highest BCUT2D eigenvalue weighted by Gasteiger charge is 1.87. The lowest BCUT2D eigenvalue weighted by atomic mass is 10.3. The van der Waals surface area contributed by atoms with Gasteiger partial charge in [0.1, 0.15) is 0 Å². The number of carbonyl (C=O) groups is 1. The number of hydrogen-bond donors (Lipinski definition) is 3. The van der Waals surface area contributed by atoms with Gasteiger partial charge in [0.25, 0.3) is 0 Å². The van der Waals surface area contributed by atoms with Gasteiger partial charge in [0, 0.05) is 6.54 Å². The maximum absolute atomic E-state index is 10.1. The summed E-state index contributed by atoms with van der Waals surface area (Å²) >= 11 is 0. The molecule has 0 rings (SSSR count). The lowest BCUT2D eigenvalue weighted by Gasteiger charge is -2.01. The molecular weight excluding hydrogens is 130 g/mol. The Hall–Kier alpha value is -1.03. The van der Waals surface area contributed by atoms with Crippen molar-refractivity contribution in [2.75, 3.05) is 6.54 Å². The highest BCUT2D eigenvalue weighted by atomic mass is 16.2. The zero-order valence-electron chi connectivity index (χ0n) is 5.89. The fraction of sp³-hybridized carbons (Fsp3) is 0.500. The summed E-state index contributed by atoms with van der Waals surface area (Å²) < 4.78 is 0. The number of nitrogens with two attached hydrogens (primary N) is 1. The molecule has 0 atom stereocenters. The van der Waals surface area contributed by atoms with Crippen molar-refractivity contribution in [3.63, 3.8) is 0 Å². The van der Waals surface area contributed by atoms with Gasteiger partial charge in [-0.1, -0.05) is 6.08 Å². The van der Waals surface area contributed by atoms with Gasteiger partial charge in [-0.2, -0.15) is 0 Å². The van der Waals surface area contributed by atoms with Crippen LogP contribution in [-0.2, 0) is 0 Å². The first-order valence-electron chi connectivity index (χ1n) is 3.16. The molecule has 0 aliphatic rings. The lowest BCUT2D eigenvalue weighted by Crippen LogP contribution is -2.41. The summed E-state index contributed by atoms with van der Waals surface area (Å²) in [4.78, 5) is 10.1. The van der Waals surface area contributed by atoms with Gasteiger partial charge in [0.15, 0.2) is 0 Å². The molecule has 4 nitrogen and oxygen atoms in total. The minimum Gasteiger partial charge on any atom is -0.351 e. The van der Waals surface area contributed by atoms with Gasteiger partial charge in [-0.15, -0.1) is 6.58 Å². The van der Waals surface area contributed by atoms with E-state index in [1.165, 1.54) is 0 Å². The summed E-state index contributed by atoms with van der Waals surface area (Å²) in [5.41, 5.74) is 9.68. The number of primary amides is 1. The van der Waals surface area contributed by atoms with E-state index in [0.717, 1.165) is 19.4 Å². The quantitative estimate of drug-likeness (QED) is 0.291. The van der Waals surface area contributed by atoms with Crippen molar-refractivity contribution < 1.29 is 4.79 Å². The maximum atomic E-state index is 10.1. The van der Waals surface area contributed by atoms with E-state index in [1.54, 1.807) is 0 Å². The van der Waals surface area contributed by atoms with E-state index in [1.807, 2.05) is 6.08 Å². The topological polar surface area (TPSA) is 67.2 Å². The van der Waals surface area contributed by atoms with Crippen LogP contribution in [0.3, 0.4) is 0 Å². The van der Waals surface area contributed by atoms with Crippen LogP contribution in [0.1, 0.15) is 12.8 Å². The maximum Gasteiger partial charge on any atom is 0.326 e. The zero-order valence-corrected chi connectivity index (χ0v) is 5.89. The molecule has 0 heterocycles. The van der Waals surface area contributed by atoms with Crippen LogP contribution in [0.2, 0.25) is 0 Å². The molecule has 4 N–H and O–H groups in total. The molecule has 0 aliphatic heterocycles. The van der Waals surface area contributed by atoms with Crippen molar-refractivity contribution in [3.05, 3.63) is 12.7 Å². The summed E-state index contributed by atoms with van der Waals surface area (Å²) in [6, 6.07) is -0.557. The first kappa shape index (κ1) is 8.97. The largest absolute Gasteiger partial charge is 0.351 e. The second-order valence-electron chi connectivity index (χ2n) is 1.85. The first-order chi connectivity index (χ1) is 4.77. The smallest absolute Gasteiger partial charge is 0.326 e. The monoisotopic (exact) mass is 143 g/mol. The third kappa shape index (κ3) is 6.97. The molecule has 4 heteroatoms. The van der Waals surface area contributed by atoms with Gasteiger partial charge in [-0.3, -0.25) is 5.43 Å². The molecule has 0 aliphatic carbocycles. The van der Waals surface area contributed by atoms with Crippen LogP contribution in [0.15, 0.2) is 12.7 Å². The number of urea groups is 1. The standard InChI is InChI=1S/C6H13N3O/c1-2-3-4-5-8-9-6(7)10/h2,8H,1,3-5H2,(H3,7,9,10). The predicted octanol–water partition coefficient (Wildman–Crippen LogP) is 0.125. The van der Waals surface area contributed by atoms with E-state index in [9.17, 15) is 4.79 Å². The average Bonchev–Trinajstić information content (AvgIpc) is 1.87. The van der Waals surface area contributed by atoms with Crippen LogP contribution < -0.4 is 16.6 Å². The number of carbonyl (C=O) groups excluding carboxylic acids is 1. The Morgan fingerprint density at radius 3 is 2.90 bits per heavy atom. The zero-order chi connectivity index (χ0) is 7.82. The molecule has 0 unspecified atom stereocenters. The summed E-state index contributed by atoms with van der Waals surface area (Å²) in [5.74, 6) is 0. The number of unbranched alkanes of at least 4 members (excludes halogenated alkanes) is 1. The minimum atomic E-state index is -0.557. The highest BCUT2D eigenvalue weighted by molar-refractivity contribution is 5.70. The van der Waals surface area contributed by atoms with Gasteiger partial charge < -0.3 is 5.73 Å². The van der Waals surface area contributed by atoms with Crippen molar-refractivity contribution in [1.29, 1.82) is 0 Å². The van der Waals surface area contributed by atoms with Gasteiger partial charge in [-0.25, -0.2) is 10.2 Å². The van der Waals surface area contributed by atoms with Crippen molar-refractivity contribution in [1.82, 2.24) is 10.9 Å². The van der Waals surface area contributed by atoms with Crippen LogP contribution in [0.25, 0.3) is 0 Å². The normalized spacial score (nSPS) is 8.80. The van der Waals surface area contributed by atoms with Gasteiger partial charge in [0.2, 0.25) is 0 Å². The Kier molecular flexibility index (Phi) is 5.47. The Labute approximate surface area is 60.4 Å². The summed E-state index contributed by atoms with van der Waals surface area (Å²) in [6.07, 6.45) is 3.71. The minimum absolute atomic E-state index is 0.557. The van der Waals surface area contributed by atoms with Gasteiger partial charge in [0.05, 0.1) is 0 Å². The van der Waals surface area contributed by atoms with E-state index in [4.69, 9.17) is 5.73 Å². The number of hydrogen-bond acceptors (Lipinski definition) is 2. The molecule has 0 spiro atoms. The van der Waals surface area contributed by atoms with Crippen molar-refractivity contribution in [3.8, 4) is 0 Å². The summed E-state index contributed by atoms with van der Waals surface area (Å²) in [7, 11) is 0. The molecule has 0 bridgehead atoms. The molecule has 0 aromatic carbocycles. The molecule has 0 radical (unpaired) electrons. The number of hydrazine groups is 1. The Balaban J connectivity index is 2.90. The SMILES string of the molecule is C=CCCCNNC(N)=O. The molecule has 0 saturated heterocycles. The molecular formula is C6H13N3O. The molecule has 0 saturated carbocycles. The third-order valence-electron chi connectivity index (χ3n) is 0.922. The van der Waals surface area contributed by atoms with Crippen LogP contribution in [0, 0.1) is 0 Å². The highest BCUT2D eigenvalue weighted by Crippen LogP contribution is 1.84. The number of nitrogens with one attached hydrogen (secondary N) is 2. The van der Waals surface area contributed by atoms with Crippen LogP contribution in [-0.4, -0.2) is 12.6 Å². The van der Waals surface area contributed by atoms with Gasteiger partial charge >= 0.3 is 6.03 Å². The summed E-state index contributed by atoms with van der Waals surface area (Å²) in [5, 5.41) is 0. The first-order valence-corrected chi connectivity index (χ1v) is 3.16. The van der Waals surface area contributed by atoms with Crippen LogP contribution in [0.5, 0.6) is 0 Å². The molecule has 10 heavy (non-hydrogen) atoms. The van der Waals surface area contributed by atoms with E-state index < -0.39 is 6.03 Å². The van der Waals surface area contributed by atoms with Crippen molar-refractivity contribution >= 4 is 6.03 Å². The second-order valence-corrected chi connectivity index (χ2v) is 1.85. The van der Waals surface area contributed by atoms with Crippen LogP contribution >= 0.6 is 0 Å². The van der Waals surface area contributed by atoms with Crippen molar-refractivity contribution in [2.24, 2.45) is 5.73 Å². The molecule has 58 valence electrons. The molecule has 0 aromatic rings. The molecule has 0 fully saturated rings. The van der Waals surface area contributed by atoms with E-state index in [2.05, 4.69) is 17.4 Å². The van der Waals surface area contributed by atoms with E-state index >= 15 is 0 Å². The van der Waals surface area contributed by atoms with Crippen LogP contribution in [0.4, 0.5) is 4.79 Å². The Morgan fingerprint density at radius 1 is 1.70 bits per heavy atom. The van der Waals surface area contributed by atoms with E-state index in [-0.39, 0.29) is 0 Å². The summed E-state index contributed by atoms with van der Waals surface area (Å²) in [6.45, 7) is 4.27. The van der Waals surface area contributed by atoms with Crippen molar-refractivity contribution in [2.45, 2.75) is 12.8 Å². The predicted molar refractivity (Wildman–Crippen MR) is 40.2 cm³/mol. The fourth-order valence-electron chi connectivity index (χ4n) is 0.484. The number of amides is 2. The third-order valence-corrected chi connectivity index (χ3v) is 0.922. The van der Waals surface area contributed by atoms with E-state index in [0.29, 0.717) is 0 Å². The fourth-order valence-corrected chi connectivity index (χ4v) is 0.484.